The zero-order chi connectivity index (χ0) is 23.3. The van der Waals surface area contributed by atoms with E-state index >= 15 is 0 Å². The minimum Gasteiger partial charge on any atom is -0.379 e. The first-order valence-electron chi connectivity index (χ1n) is 10.6. The number of rotatable bonds is 7. The van der Waals surface area contributed by atoms with Gasteiger partial charge in [0.2, 0.25) is 0 Å². The zero-order valence-corrected chi connectivity index (χ0v) is 20.2. The fourth-order valence-corrected chi connectivity index (χ4v) is 4.23. The number of carbonyl (C=O) groups excluding carboxylic acids is 1. The Hall–Kier alpha value is -2.92. The van der Waals surface area contributed by atoms with Crippen molar-refractivity contribution in [1.82, 2.24) is 4.90 Å². The number of nitrogens with zero attached hydrogens (tertiary/aromatic N) is 1. The Labute approximate surface area is 207 Å². The zero-order valence-electron chi connectivity index (χ0n) is 17.9. The van der Waals surface area contributed by atoms with Crippen molar-refractivity contribution in [2.24, 2.45) is 0 Å². The van der Waals surface area contributed by atoms with E-state index in [0.717, 1.165) is 10.0 Å². The van der Waals surface area contributed by atoms with Crippen molar-refractivity contribution in [1.29, 1.82) is 0 Å². The molecule has 3 nitrogen and oxygen atoms in total. The van der Waals surface area contributed by atoms with Crippen LogP contribution in [0.15, 0.2) is 114 Å². The van der Waals surface area contributed by atoms with Gasteiger partial charge in [0.15, 0.2) is 0 Å². The van der Waals surface area contributed by atoms with E-state index in [1.54, 1.807) is 41.3 Å². The third-order valence-corrected chi connectivity index (χ3v) is 6.37. The Balaban J connectivity index is 1.78. The van der Waals surface area contributed by atoms with E-state index in [4.69, 9.17) is 11.6 Å². The lowest BCUT2D eigenvalue weighted by atomic mass is 9.85. The van der Waals surface area contributed by atoms with Crippen molar-refractivity contribution in [2.75, 3.05) is 6.54 Å². The molecule has 0 heterocycles. The lowest BCUT2D eigenvalue weighted by Crippen LogP contribution is -2.44. The minimum absolute atomic E-state index is 0.0683. The summed E-state index contributed by atoms with van der Waals surface area (Å²) in [5.74, 6) is -0.149. The molecule has 5 heteroatoms. The van der Waals surface area contributed by atoms with Crippen LogP contribution in [0.25, 0.3) is 0 Å². The van der Waals surface area contributed by atoms with Crippen LogP contribution < -0.4 is 0 Å². The minimum atomic E-state index is -1.44. The first kappa shape index (κ1) is 23.2. The molecule has 33 heavy (non-hydrogen) atoms. The molecule has 0 aromatic heterocycles. The summed E-state index contributed by atoms with van der Waals surface area (Å²) in [6.45, 7) is 0.430. The second-order valence-electron chi connectivity index (χ2n) is 7.89. The normalized spacial score (nSPS) is 12.7. The van der Waals surface area contributed by atoms with Crippen LogP contribution in [0.1, 0.15) is 27.0 Å². The van der Waals surface area contributed by atoms with E-state index in [9.17, 15) is 9.90 Å². The maximum absolute atomic E-state index is 13.6. The molecule has 0 saturated heterocycles. The summed E-state index contributed by atoms with van der Waals surface area (Å²) in [6, 6.07) is 33.6. The van der Waals surface area contributed by atoms with Crippen molar-refractivity contribution in [3.63, 3.8) is 0 Å². The van der Waals surface area contributed by atoms with Crippen LogP contribution in [0, 0.1) is 0 Å². The molecule has 0 bridgehead atoms. The fraction of sp³-hybridized carbons (Fsp3) is 0.107. The number of aliphatic hydroxyl groups is 1. The number of hydrogen-bond acceptors (Lipinski definition) is 2. The van der Waals surface area contributed by atoms with Crippen molar-refractivity contribution >= 4 is 33.4 Å². The molecule has 4 aromatic rings. The number of benzene rings is 4. The Morgan fingerprint density at radius 1 is 0.788 bits per heavy atom. The van der Waals surface area contributed by atoms with Crippen LogP contribution in [0.4, 0.5) is 0 Å². The quantitative estimate of drug-likeness (QED) is 0.295. The summed E-state index contributed by atoms with van der Waals surface area (Å²) in [4.78, 5) is 15.3. The molecule has 0 spiro atoms. The molecule has 0 aliphatic heterocycles. The maximum Gasteiger partial charge on any atom is 0.254 e. The third kappa shape index (κ3) is 5.53. The molecule has 1 atom stereocenters. The molecule has 4 rings (SSSR count). The van der Waals surface area contributed by atoms with Crippen LogP contribution in [-0.2, 0) is 12.1 Å². The molecule has 0 aliphatic rings. The van der Waals surface area contributed by atoms with Gasteiger partial charge < -0.3 is 10.0 Å². The van der Waals surface area contributed by atoms with Gasteiger partial charge in [0.05, 0.1) is 6.54 Å². The molecule has 0 aliphatic carbocycles. The van der Waals surface area contributed by atoms with Gasteiger partial charge >= 0.3 is 0 Å². The summed E-state index contributed by atoms with van der Waals surface area (Å²) in [5.41, 5.74) is 1.46. The van der Waals surface area contributed by atoms with Gasteiger partial charge in [0, 0.05) is 21.6 Å². The van der Waals surface area contributed by atoms with E-state index in [0.29, 0.717) is 28.3 Å². The first-order chi connectivity index (χ1) is 16.0. The van der Waals surface area contributed by atoms with E-state index in [1.165, 1.54) is 0 Å². The predicted molar refractivity (Wildman–Crippen MR) is 136 cm³/mol. The molecule has 1 amide bonds. The molecule has 4 aromatic carbocycles. The summed E-state index contributed by atoms with van der Waals surface area (Å²) in [6.07, 6.45) is 0. The average Bonchev–Trinajstić information content (AvgIpc) is 2.85. The second kappa shape index (κ2) is 10.3. The van der Waals surface area contributed by atoms with Gasteiger partial charge in [-0.25, -0.2) is 0 Å². The van der Waals surface area contributed by atoms with Gasteiger partial charge in [0.1, 0.15) is 5.60 Å². The Kier molecular flexibility index (Phi) is 7.29. The highest BCUT2D eigenvalue weighted by Gasteiger charge is 2.36. The fourth-order valence-electron chi connectivity index (χ4n) is 3.84. The van der Waals surface area contributed by atoms with Gasteiger partial charge in [0.25, 0.3) is 5.91 Å². The van der Waals surface area contributed by atoms with Gasteiger partial charge in [-0.15, -0.1) is 0 Å². The summed E-state index contributed by atoms with van der Waals surface area (Å²) in [7, 11) is 0. The highest BCUT2D eigenvalue weighted by Crippen LogP contribution is 2.33. The van der Waals surface area contributed by atoms with Crippen LogP contribution in [0.2, 0.25) is 5.02 Å². The SMILES string of the molecule is O=C(c1ccccc1)N(Cc1ccccc1)CC(O)(c1ccc(Cl)cc1)c1ccc(Br)cc1. The number of amides is 1. The molecule has 1 N–H and O–H groups in total. The van der Waals surface area contributed by atoms with Crippen LogP contribution in [-0.4, -0.2) is 22.5 Å². The lowest BCUT2D eigenvalue weighted by molar-refractivity contribution is 0.0275. The van der Waals surface area contributed by atoms with Crippen molar-refractivity contribution < 1.29 is 9.90 Å². The van der Waals surface area contributed by atoms with Gasteiger partial charge in [-0.05, 0) is 53.1 Å². The first-order valence-corrected chi connectivity index (χ1v) is 11.8. The molecule has 166 valence electrons. The summed E-state index contributed by atoms with van der Waals surface area (Å²) in [5, 5.41) is 12.7. The highest BCUT2D eigenvalue weighted by molar-refractivity contribution is 9.10. The average molecular weight is 521 g/mol. The monoisotopic (exact) mass is 519 g/mol. The Morgan fingerprint density at radius 3 is 1.88 bits per heavy atom. The van der Waals surface area contributed by atoms with Crippen molar-refractivity contribution in [2.45, 2.75) is 12.1 Å². The second-order valence-corrected chi connectivity index (χ2v) is 9.24. The number of hydrogen-bond donors (Lipinski definition) is 1. The Morgan fingerprint density at radius 2 is 1.30 bits per heavy atom. The lowest BCUT2D eigenvalue weighted by Gasteiger charge is -2.35. The van der Waals surface area contributed by atoms with E-state index < -0.39 is 5.60 Å². The molecular formula is C28H23BrClNO2. The molecular weight excluding hydrogens is 498 g/mol. The largest absolute Gasteiger partial charge is 0.379 e. The number of carbonyl (C=O) groups is 1. The molecule has 1 unspecified atom stereocenters. The highest BCUT2D eigenvalue weighted by atomic mass is 79.9. The van der Waals surface area contributed by atoms with Crippen LogP contribution in [0.3, 0.4) is 0 Å². The Bertz CT molecular complexity index is 1150. The third-order valence-electron chi connectivity index (χ3n) is 5.59. The summed E-state index contributed by atoms with van der Waals surface area (Å²) >= 11 is 9.58. The van der Waals surface area contributed by atoms with E-state index in [2.05, 4.69) is 15.9 Å². The van der Waals surface area contributed by atoms with Gasteiger partial charge in [-0.2, -0.15) is 0 Å². The standard InChI is InChI=1S/C28H23BrClNO2/c29-25-15-11-23(12-16-25)28(33,24-13-17-26(30)18-14-24)20-31(19-21-7-3-1-4-8-21)27(32)22-9-5-2-6-10-22/h1-18,33H,19-20H2. The molecule has 0 radical (unpaired) electrons. The smallest absolute Gasteiger partial charge is 0.254 e. The van der Waals surface area contributed by atoms with Gasteiger partial charge in [-0.1, -0.05) is 100 Å². The number of halogens is 2. The molecule has 0 saturated carbocycles. The summed E-state index contributed by atoms with van der Waals surface area (Å²) < 4.78 is 0.909. The van der Waals surface area contributed by atoms with Crippen LogP contribution in [0.5, 0.6) is 0 Å². The predicted octanol–water partition coefficient (Wildman–Crippen LogP) is 6.68. The topological polar surface area (TPSA) is 40.5 Å². The van der Waals surface area contributed by atoms with Crippen LogP contribution >= 0.6 is 27.5 Å². The van der Waals surface area contributed by atoms with Crippen molar-refractivity contribution in [3.05, 3.63) is 141 Å². The van der Waals surface area contributed by atoms with Crippen molar-refractivity contribution in [3.8, 4) is 0 Å². The van der Waals surface area contributed by atoms with E-state index in [-0.39, 0.29) is 12.5 Å². The molecule has 0 fully saturated rings. The van der Waals surface area contributed by atoms with Gasteiger partial charge in [-0.3, -0.25) is 4.79 Å². The maximum atomic E-state index is 13.6. The van der Waals surface area contributed by atoms with E-state index in [1.807, 2.05) is 72.8 Å².